The van der Waals surface area contributed by atoms with Crippen LogP contribution in [-0.4, -0.2) is 35.2 Å². The van der Waals surface area contributed by atoms with Crippen molar-refractivity contribution in [2.45, 2.75) is 19.4 Å². The molecule has 2 aliphatic rings. The fraction of sp³-hybridized carbons (Fsp3) is 0.263. The third-order valence-electron chi connectivity index (χ3n) is 4.65. The van der Waals surface area contributed by atoms with Gasteiger partial charge in [-0.1, -0.05) is 18.2 Å². The molecule has 0 spiro atoms. The van der Waals surface area contributed by atoms with E-state index in [-0.39, 0.29) is 24.7 Å². The molecule has 6 nitrogen and oxygen atoms in total. The van der Waals surface area contributed by atoms with Gasteiger partial charge in [-0.3, -0.25) is 4.79 Å². The van der Waals surface area contributed by atoms with Crippen LogP contribution in [0, 0.1) is 0 Å². The van der Waals surface area contributed by atoms with Crippen LogP contribution in [0.1, 0.15) is 27.0 Å². The first kappa shape index (κ1) is 15.5. The maximum absolute atomic E-state index is 12.7. The van der Waals surface area contributed by atoms with E-state index in [1.165, 1.54) is 0 Å². The van der Waals surface area contributed by atoms with E-state index in [9.17, 15) is 14.7 Å². The lowest BCUT2D eigenvalue weighted by Crippen LogP contribution is -2.37. The van der Waals surface area contributed by atoms with Crippen molar-refractivity contribution < 1.29 is 24.2 Å². The first-order valence-electron chi connectivity index (χ1n) is 8.12. The third kappa shape index (κ3) is 2.91. The van der Waals surface area contributed by atoms with Gasteiger partial charge >= 0.3 is 5.97 Å². The summed E-state index contributed by atoms with van der Waals surface area (Å²) in [5.74, 6) is 0.364. The number of rotatable bonds is 3. The standard InChI is InChI=1S/C19H17NO5/c21-18(9-12-4-5-16-17(8-12)25-11-24-16)20-7-6-13-2-1-3-14(19(22)23)15(13)10-20/h1-5,8H,6-7,9-11H2,(H,22,23). The molecule has 0 aliphatic carbocycles. The summed E-state index contributed by atoms with van der Waals surface area (Å²) in [7, 11) is 0. The Morgan fingerprint density at radius 1 is 1.12 bits per heavy atom. The molecule has 0 radical (unpaired) electrons. The average Bonchev–Trinajstić information content (AvgIpc) is 3.08. The minimum Gasteiger partial charge on any atom is -0.478 e. The van der Waals surface area contributed by atoms with Crippen LogP contribution in [-0.2, 0) is 24.2 Å². The van der Waals surface area contributed by atoms with E-state index in [0.29, 0.717) is 31.0 Å². The molecular weight excluding hydrogens is 322 g/mol. The van der Waals surface area contributed by atoms with Gasteiger partial charge in [0, 0.05) is 13.1 Å². The number of fused-ring (bicyclic) bond motifs is 2. The van der Waals surface area contributed by atoms with Gasteiger partial charge in [-0.05, 0) is 41.3 Å². The summed E-state index contributed by atoms with van der Waals surface area (Å²) in [4.78, 5) is 25.8. The molecule has 0 aromatic heterocycles. The molecule has 2 aliphatic heterocycles. The number of benzene rings is 2. The molecule has 128 valence electrons. The van der Waals surface area contributed by atoms with Crippen molar-refractivity contribution >= 4 is 11.9 Å². The van der Waals surface area contributed by atoms with Crippen molar-refractivity contribution in [3.05, 3.63) is 58.7 Å². The number of ether oxygens (including phenoxy) is 2. The number of hydrogen-bond acceptors (Lipinski definition) is 4. The normalized spacial score (nSPS) is 15.0. The van der Waals surface area contributed by atoms with Crippen LogP contribution >= 0.6 is 0 Å². The van der Waals surface area contributed by atoms with Crippen LogP contribution in [0.15, 0.2) is 36.4 Å². The molecule has 2 aromatic rings. The number of carboxylic acid groups (broad SMARTS) is 1. The van der Waals surface area contributed by atoms with Crippen molar-refractivity contribution in [3.63, 3.8) is 0 Å². The van der Waals surface area contributed by atoms with Gasteiger partial charge in [0.2, 0.25) is 12.7 Å². The smallest absolute Gasteiger partial charge is 0.336 e. The zero-order valence-electron chi connectivity index (χ0n) is 13.5. The highest BCUT2D eigenvalue weighted by molar-refractivity contribution is 5.90. The molecule has 6 heteroatoms. The van der Waals surface area contributed by atoms with Crippen molar-refractivity contribution in [1.29, 1.82) is 0 Å². The average molecular weight is 339 g/mol. The Balaban J connectivity index is 1.51. The molecule has 0 saturated carbocycles. The van der Waals surface area contributed by atoms with Crippen molar-refractivity contribution in [3.8, 4) is 11.5 Å². The minimum absolute atomic E-state index is 0.0234. The third-order valence-corrected chi connectivity index (χ3v) is 4.65. The molecule has 4 rings (SSSR count). The molecule has 25 heavy (non-hydrogen) atoms. The van der Waals surface area contributed by atoms with Gasteiger partial charge in [-0.2, -0.15) is 0 Å². The number of carboxylic acids is 1. The number of carbonyl (C=O) groups is 2. The Morgan fingerprint density at radius 2 is 1.96 bits per heavy atom. The highest BCUT2D eigenvalue weighted by Crippen LogP contribution is 2.33. The molecule has 0 unspecified atom stereocenters. The molecule has 1 N–H and O–H groups in total. The summed E-state index contributed by atoms with van der Waals surface area (Å²) in [6.45, 7) is 1.13. The lowest BCUT2D eigenvalue weighted by molar-refractivity contribution is -0.131. The molecular formula is C19H17NO5. The van der Waals surface area contributed by atoms with Gasteiger partial charge in [-0.25, -0.2) is 4.79 Å². The van der Waals surface area contributed by atoms with Crippen LogP contribution in [0.3, 0.4) is 0 Å². The highest BCUT2D eigenvalue weighted by atomic mass is 16.7. The van der Waals surface area contributed by atoms with Gasteiger partial charge in [0.25, 0.3) is 0 Å². The maximum atomic E-state index is 12.7. The monoisotopic (exact) mass is 339 g/mol. The first-order valence-corrected chi connectivity index (χ1v) is 8.12. The Hall–Kier alpha value is -3.02. The first-order chi connectivity index (χ1) is 12.1. The van der Waals surface area contributed by atoms with Gasteiger partial charge in [0.15, 0.2) is 11.5 Å². The lowest BCUT2D eigenvalue weighted by atomic mass is 9.94. The summed E-state index contributed by atoms with van der Waals surface area (Å²) < 4.78 is 10.6. The maximum Gasteiger partial charge on any atom is 0.336 e. The van der Waals surface area contributed by atoms with Gasteiger partial charge < -0.3 is 19.5 Å². The van der Waals surface area contributed by atoms with Gasteiger partial charge in [-0.15, -0.1) is 0 Å². The van der Waals surface area contributed by atoms with E-state index in [0.717, 1.165) is 16.7 Å². The van der Waals surface area contributed by atoms with E-state index in [2.05, 4.69) is 0 Å². The van der Waals surface area contributed by atoms with Crippen LogP contribution in [0.2, 0.25) is 0 Å². The SMILES string of the molecule is O=C(O)c1cccc2c1CN(C(=O)Cc1ccc3c(c1)OCO3)CC2. The number of amides is 1. The predicted molar refractivity (Wildman–Crippen MR) is 88.8 cm³/mol. The molecule has 0 fully saturated rings. The summed E-state index contributed by atoms with van der Waals surface area (Å²) in [6, 6.07) is 10.8. The Morgan fingerprint density at radius 3 is 2.80 bits per heavy atom. The number of aromatic carboxylic acids is 1. The zero-order valence-corrected chi connectivity index (χ0v) is 13.5. The fourth-order valence-electron chi connectivity index (χ4n) is 3.33. The summed E-state index contributed by atoms with van der Waals surface area (Å²) >= 11 is 0. The van der Waals surface area contributed by atoms with E-state index >= 15 is 0 Å². The molecule has 2 heterocycles. The van der Waals surface area contributed by atoms with Gasteiger partial charge in [0.1, 0.15) is 0 Å². The van der Waals surface area contributed by atoms with Crippen molar-refractivity contribution in [2.24, 2.45) is 0 Å². The van der Waals surface area contributed by atoms with E-state index in [1.807, 2.05) is 18.2 Å². The van der Waals surface area contributed by atoms with E-state index in [4.69, 9.17) is 9.47 Å². The number of hydrogen-bond donors (Lipinski definition) is 1. The summed E-state index contributed by atoms with van der Waals surface area (Å²) in [6.07, 6.45) is 0.921. The lowest BCUT2D eigenvalue weighted by Gasteiger charge is -2.30. The second kappa shape index (κ2) is 6.12. The second-order valence-electron chi connectivity index (χ2n) is 6.18. The topological polar surface area (TPSA) is 76.1 Å². The highest BCUT2D eigenvalue weighted by Gasteiger charge is 2.25. The Bertz CT molecular complexity index is 861. The van der Waals surface area contributed by atoms with Crippen molar-refractivity contribution in [1.82, 2.24) is 4.90 Å². The summed E-state index contributed by atoms with van der Waals surface area (Å²) in [5.41, 5.74) is 2.87. The molecule has 1 amide bonds. The minimum atomic E-state index is -0.957. The van der Waals surface area contributed by atoms with Gasteiger partial charge in [0.05, 0.1) is 12.0 Å². The summed E-state index contributed by atoms with van der Waals surface area (Å²) in [5, 5.41) is 9.36. The quantitative estimate of drug-likeness (QED) is 0.928. The van der Waals surface area contributed by atoms with Crippen LogP contribution in [0.25, 0.3) is 0 Å². The Kier molecular flexibility index (Phi) is 3.80. The number of carbonyl (C=O) groups excluding carboxylic acids is 1. The predicted octanol–water partition coefficient (Wildman–Crippen LogP) is 2.24. The van der Waals surface area contributed by atoms with Crippen LogP contribution in [0.4, 0.5) is 0 Å². The van der Waals surface area contributed by atoms with Crippen molar-refractivity contribution in [2.75, 3.05) is 13.3 Å². The van der Waals surface area contributed by atoms with Crippen LogP contribution in [0.5, 0.6) is 11.5 Å². The molecule has 0 atom stereocenters. The van der Waals surface area contributed by atoms with E-state index < -0.39 is 5.97 Å². The molecule has 0 saturated heterocycles. The molecule has 0 bridgehead atoms. The fourth-order valence-corrected chi connectivity index (χ4v) is 3.33. The second-order valence-corrected chi connectivity index (χ2v) is 6.18. The van der Waals surface area contributed by atoms with E-state index in [1.54, 1.807) is 23.1 Å². The molecule has 2 aromatic carbocycles. The number of nitrogens with zero attached hydrogens (tertiary/aromatic N) is 1. The zero-order chi connectivity index (χ0) is 17.4. The Labute approximate surface area is 144 Å². The largest absolute Gasteiger partial charge is 0.478 e. The van der Waals surface area contributed by atoms with Crippen LogP contribution < -0.4 is 9.47 Å².